The van der Waals surface area contributed by atoms with E-state index in [0.29, 0.717) is 26.0 Å². The summed E-state index contributed by atoms with van der Waals surface area (Å²) in [4.78, 5) is 11.6. The van der Waals surface area contributed by atoms with Crippen molar-refractivity contribution in [2.45, 2.75) is 12.8 Å². The Morgan fingerprint density at radius 3 is 2.62 bits per heavy atom. The number of carbonyl (C=O) groups is 1. The summed E-state index contributed by atoms with van der Waals surface area (Å²) in [7, 11) is 1.62. The van der Waals surface area contributed by atoms with Gasteiger partial charge in [-0.2, -0.15) is 0 Å². The van der Waals surface area contributed by atoms with Crippen molar-refractivity contribution in [1.82, 2.24) is 5.32 Å². The predicted octanol–water partition coefficient (Wildman–Crippen LogP) is 2.42. The van der Waals surface area contributed by atoms with E-state index in [1.807, 2.05) is 36.4 Å². The highest BCUT2D eigenvalue weighted by Gasteiger charge is 2.03. The van der Waals surface area contributed by atoms with E-state index in [1.54, 1.807) is 13.4 Å². The average molecular weight is 289 g/mol. The zero-order chi connectivity index (χ0) is 14.9. The second kappa shape index (κ2) is 7.99. The fraction of sp³-hybridized carbons (Fsp3) is 0.312. The van der Waals surface area contributed by atoms with Crippen LogP contribution < -0.4 is 14.8 Å². The summed E-state index contributed by atoms with van der Waals surface area (Å²) in [5.41, 5.74) is 0. The Morgan fingerprint density at radius 1 is 1.19 bits per heavy atom. The second-order valence-corrected chi connectivity index (χ2v) is 4.45. The lowest BCUT2D eigenvalue weighted by Crippen LogP contribution is -2.28. The molecule has 0 saturated carbocycles. The normalized spacial score (nSPS) is 10.1. The summed E-state index contributed by atoms with van der Waals surface area (Å²) in [5.74, 6) is 2.35. The topological polar surface area (TPSA) is 60.7 Å². The van der Waals surface area contributed by atoms with Gasteiger partial charge in [-0.15, -0.1) is 0 Å². The summed E-state index contributed by atoms with van der Waals surface area (Å²) < 4.78 is 15.8. The van der Waals surface area contributed by atoms with Crippen molar-refractivity contribution < 1.29 is 18.7 Å². The number of nitrogens with one attached hydrogen (secondary N) is 1. The highest BCUT2D eigenvalue weighted by Crippen LogP contribution is 2.16. The van der Waals surface area contributed by atoms with Crippen LogP contribution in [0, 0.1) is 0 Å². The second-order valence-electron chi connectivity index (χ2n) is 4.45. The van der Waals surface area contributed by atoms with Gasteiger partial charge in [-0.1, -0.05) is 0 Å². The third-order valence-corrected chi connectivity index (χ3v) is 2.93. The van der Waals surface area contributed by atoms with Crippen molar-refractivity contribution in [3.8, 4) is 11.5 Å². The summed E-state index contributed by atoms with van der Waals surface area (Å²) in [5, 5.41) is 2.81. The summed E-state index contributed by atoms with van der Waals surface area (Å²) in [6.45, 7) is 0.905. The van der Waals surface area contributed by atoms with Crippen LogP contribution in [0.3, 0.4) is 0 Å². The average Bonchev–Trinajstić information content (AvgIpc) is 3.03. The van der Waals surface area contributed by atoms with Gasteiger partial charge in [-0.05, 0) is 36.4 Å². The molecule has 1 heterocycles. The van der Waals surface area contributed by atoms with Gasteiger partial charge in [0.25, 0.3) is 0 Å². The largest absolute Gasteiger partial charge is 0.497 e. The maximum atomic E-state index is 11.6. The van der Waals surface area contributed by atoms with Gasteiger partial charge in [0.1, 0.15) is 23.9 Å². The van der Waals surface area contributed by atoms with Crippen LogP contribution in [0.1, 0.15) is 12.2 Å². The van der Waals surface area contributed by atoms with E-state index in [-0.39, 0.29) is 5.91 Å². The molecule has 5 heteroatoms. The fourth-order valence-electron chi connectivity index (χ4n) is 1.81. The molecule has 2 aromatic rings. The van der Waals surface area contributed by atoms with E-state index in [1.165, 1.54) is 0 Å². The molecule has 1 N–H and O–H groups in total. The molecule has 112 valence electrons. The van der Waals surface area contributed by atoms with Crippen LogP contribution in [0.25, 0.3) is 0 Å². The van der Waals surface area contributed by atoms with Gasteiger partial charge in [0.05, 0.1) is 19.9 Å². The standard InChI is InChI=1S/C16H19NO4/c1-19-13-4-6-15(7-5-13)21-12-10-17-16(18)9-8-14-3-2-11-20-14/h2-7,11H,8-10,12H2,1H3,(H,17,18). The monoisotopic (exact) mass is 289 g/mol. The Kier molecular flexibility index (Phi) is 5.70. The molecule has 0 fully saturated rings. The molecule has 5 nitrogen and oxygen atoms in total. The van der Waals surface area contributed by atoms with E-state index in [2.05, 4.69) is 5.32 Å². The van der Waals surface area contributed by atoms with E-state index in [4.69, 9.17) is 13.9 Å². The molecule has 1 aromatic carbocycles. The van der Waals surface area contributed by atoms with Gasteiger partial charge in [-0.3, -0.25) is 4.79 Å². The first kappa shape index (κ1) is 15.0. The molecule has 21 heavy (non-hydrogen) atoms. The molecule has 0 aliphatic heterocycles. The molecule has 0 spiro atoms. The van der Waals surface area contributed by atoms with Crippen molar-refractivity contribution in [3.63, 3.8) is 0 Å². The van der Waals surface area contributed by atoms with E-state index in [9.17, 15) is 4.79 Å². The Balaban J connectivity index is 1.59. The Hall–Kier alpha value is -2.43. The lowest BCUT2D eigenvalue weighted by atomic mass is 10.2. The first-order chi connectivity index (χ1) is 10.3. The van der Waals surface area contributed by atoms with Crippen LogP contribution in [-0.4, -0.2) is 26.2 Å². The maximum absolute atomic E-state index is 11.6. The predicted molar refractivity (Wildman–Crippen MR) is 78.5 cm³/mol. The minimum absolute atomic E-state index is 0.00951. The molecule has 0 bridgehead atoms. The van der Waals surface area contributed by atoms with Crippen molar-refractivity contribution in [2.75, 3.05) is 20.3 Å². The number of aryl methyl sites for hydroxylation is 1. The maximum Gasteiger partial charge on any atom is 0.220 e. The SMILES string of the molecule is COc1ccc(OCCNC(=O)CCc2ccco2)cc1. The van der Waals surface area contributed by atoms with Crippen LogP contribution in [-0.2, 0) is 11.2 Å². The molecule has 0 atom stereocenters. The molecular weight excluding hydrogens is 270 g/mol. The highest BCUT2D eigenvalue weighted by atomic mass is 16.5. The molecule has 0 saturated heterocycles. The number of hydrogen-bond acceptors (Lipinski definition) is 4. The minimum atomic E-state index is -0.00951. The lowest BCUT2D eigenvalue weighted by molar-refractivity contribution is -0.121. The van der Waals surface area contributed by atoms with E-state index in [0.717, 1.165) is 17.3 Å². The number of methoxy groups -OCH3 is 1. The van der Waals surface area contributed by atoms with Crippen molar-refractivity contribution in [3.05, 3.63) is 48.4 Å². The van der Waals surface area contributed by atoms with Gasteiger partial charge < -0.3 is 19.2 Å². The van der Waals surface area contributed by atoms with Gasteiger partial charge >= 0.3 is 0 Å². The molecular formula is C16H19NO4. The molecule has 1 amide bonds. The lowest BCUT2D eigenvalue weighted by Gasteiger charge is -2.08. The number of furan rings is 1. The third kappa shape index (κ3) is 5.22. The van der Waals surface area contributed by atoms with Crippen LogP contribution in [0.4, 0.5) is 0 Å². The smallest absolute Gasteiger partial charge is 0.220 e. The molecule has 2 rings (SSSR count). The van der Waals surface area contributed by atoms with Gasteiger partial charge in [0, 0.05) is 12.8 Å². The molecule has 0 aliphatic rings. The summed E-state index contributed by atoms with van der Waals surface area (Å²) in [6, 6.07) is 11.0. The third-order valence-electron chi connectivity index (χ3n) is 2.93. The molecule has 0 radical (unpaired) electrons. The summed E-state index contributed by atoms with van der Waals surface area (Å²) >= 11 is 0. The fourth-order valence-corrected chi connectivity index (χ4v) is 1.81. The number of benzene rings is 1. The zero-order valence-corrected chi connectivity index (χ0v) is 12.0. The number of hydrogen-bond donors (Lipinski definition) is 1. The van der Waals surface area contributed by atoms with Gasteiger partial charge in [0.2, 0.25) is 5.91 Å². The molecule has 0 aliphatic carbocycles. The molecule has 1 aromatic heterocycles. The zero-order valence-electron chi connectivity index (χ0n) is 12.0. The molecule has 0 unspecified atom stereocenters. The van der Waals surface area contributed by atoms with Crippen LogP contribution in [0.15, 0.2) is 47.1 Å². The van der Waals surface area contributed by atoms with Crippen molar-refractivity contribution in [1.29, 1.82) is 0 Å². The Bertz CT molecular complexity index is 534. The number of rotatable bonds is 8. The first-order valence-corrected chi connectivity index (χ1v) is 6.84. The van der Waals surface area contributed by atoms with Gasteiger partial charge in [0.15, 0.2) is 0 Å². The van der Waals surface area contributed by atoms with Crippen LogP contribution in [0.5, 0.6) is 11.5 Å². The number of amides is 1. The minimum Gasteiger partial charge on any atom is -0.497 e. The first-order valence-electron chi connectivity index (χ1n) is 6.84. The number of carbonyl (C=O) groups excluding carboxylic acids is 1. The van der Waals surface area contributed by atoms with Crippen molar-refractivity contribution in [2.24, 2.45) is 0 Å². The van der Waals surface area contributed by atoms with E-state index >= 15 is 0 Å². The Morgan fingerprint density at radius 2 is 1.95 bits per heavy atom. The Labute approximate surface area is 123 Å². The van der Waals surface area contributed by atoms with E-state index < -0.39 is 0 Å². The number of ether oxygens (including phenoxy) is 2. The summed E-state index contributed by atoms with van der Waals surface area (Å²) in [6.07, 6.45) is 2.63. The van der Waals surface area contributed by atoms with Crippen LogP contribution >= 0.6 is 0 Å². The highest BCUT2D eigenvalue weighted by molar-refractivity contribution is 5.76. The van der Waals surface area contributed by atoms with Crippen molar-refractivity contribution >= 4 is 5.91 Å². The van der Waals surface area contributed by atoms with Gasteiger partial charge in [-0.25, -0.2) is 0 Å². The quantitative estimate of drug-likeness (QED) is 0.758. The van der Waals surface area contributed by atoms with Crippen LogP contribution in [0.2, 0.25) is 0 Å².